The second-order valence-corrected chi connectivity index (χ2v) is 7.71. The van der Waals surface area contributed by atoms with Crippen LogP contribution in [0.25, 0.3) is 11.4 Å². The van der Waals surface area contributed by atoms with Crippen molar-refractivity contribution in [3.63, 3.8) is 0 Å². The molecule has 8 heteroatoms. The summed E-state index contributed by atoms with van der Waals surface area (Å²) < 4.78 is 1.36. The molecule has 4 N–H and O–H groups in total. The molecule has 27 heavy (non-hydrogen) atoms. The van der Waals surface area contributed by atoms with E-state index in [1.807, 2.05) is 38.1 Å². The van der Waals surface area contributed by atoms with E-state index in [1.54, 1.807) is 18.2 Å². The van der Waals surface area contributed by atoms with Gasteiger partial charge in [-0.15, -0.1) is 0 Å². The number of halogens is 2. The molecule has 138 valence electrons. The normalized spacial score (nSPS) is 11.5. The Morgan fingerprint density at radius 2 is 1.93 bits per heavy atom. The predicted octanol–water partition coefficient (Wildman–Crippen LogP) is 5.10. The first-order valence-corrected chi connectivity index (χ1v) is 9.62. The lowest BCUT2D eigenvalue weighted by Crippen LogP contribution is -2.03. The Morgan fingerprint density at radius 1 is 1.15 bits per heavy atom. The van der Waals surface area contributed by atoms with Crippen molar-refractivity contribution in [3.8, 4) is 17.1 Å². The third kappa shape index (κ3) is 4.64. The average molecular weight is 491 g/mol. The highest BCUT2D eigenvalue weighted by molar-refractivity contribution is 9.11. The van der Waals surface area contributed by atoms with Crippen molar-refractivity contribution in [2.24, 2.45) is 5.10 Å². The van der Waals surface area contributed by atoms with E-state index in [0.717, 1.165) is 21.4 Å². The quantitative estimate of drug-likeness (QED) is 0.268. The first-order valence-electron chi connectivity index (χ1n) is 8.04. The van der Waals surface area contributed by atoms with Crippen LogP contribution in [0.1, 0.15) is 18.2 Å². The molecule has 0 unspecified atom stereocenters. The van der Waals surface area contributed by atoms with Crippen LogP contribution in [0.3, 0.4) is 0 Å². The van der Waals surface area contributed by atoms with Crippen molar-refractivity contribution >= 4 is 49.1 Å². The molecule has 0 radical (unpaired) electrons. The fourth-order valence-corrected chi connectivity index (χ4v) is 3.68. The zero-order valence-corrected chi connectivity index (χ0v) is 17.8. The summed E-state index contributed by atoms with van der Waals surface area (Å²) in [6, 6.07) is 12.8. The highest BCUT2D eigenvalue weighted by atomic mass is 79.9. The van der Waals surface area contributed by atoms with Crippen molar-refractivity contribution in [3.05, 3.63) is 62.7 Å². The third-order valence-corrected chi connectivity index (χ3v) is 4.83. The van der Waals surface area contributed by atoms with Crippen LogP contribution in [-0.4, -0.2) is 20.8 Å². The minimum Gasteiger partial charge on any atom is -0.506 e. The molecule has 0 saturated carbocycles. The summed E-state index contributed by atoms with van der Waals surface area (Å²) in [5.74, 6) is 0.999. The molecule has 0 aliphatic heterocycles. The molecular weight excluding hydrogens is 474 g/mol. The predicted molar refractivity (Wildman–Crippen MR) is 116 cm³/mol. The second-order valence-electron chi connectivity index (χ2n) is 5.94. The molecule has 3 aromatic rings. The summed E-state index contributed by atoms with van der Waals surface area (Å²) >= 11 is 6.75. The maximum atomic E-state index is 10.3. The van der Waals surface area contributed by atoms with Gasteiger partial charge >= 0.3 is 0 Å². The fraction of sp³-hybridized carbons (Fsp3) is 0.105. The number of hydrazone groups is 1. The summed E-state index contributed by atoms with van der Waals surface area (Å²) in [7, 11) is 0. The van der Waals surface area contributed by atoms with Crippen molar-refractivity contribution < 1.29 is 5.11 Å². The molecule has 3 rings (SSSR count). The monoisotopic (exact) mass is 489 g/mol. The van der Waals surface area contributed by atoms with Gasteiger partial charge in [0.05, 0.1) is 15.7 Å². The van der Waals surface area contributed by atoms with Gasteiger partial charge in [0, 0.05) is 21.9 Å². The molecule has 0 aliphatic rings. The van der Waals surface area contributed by atoms with E-state index in [2.05, 4.69) is 52.4 Å². The van der Waals surface area contributed by atoms with Gasteiger partial charge in [-0.05, 0) is 59.6 Å². The van der Waals surface area contributed by atoms with Gasteiger partial charge in [0.15, 0.2) is 11.6 Å². The summed E-state index contributed by atoms with van der Waals surface area (Å²) in [4.78, 5) is 8.90. The zero-order chi connectivity index (χ0) is 19.6. The van der Waals surface area contributed by atoms with E-state index in [-0.39, 0.29) is 5.75 Å². The highest BCUT2D eigenvalue weighted by Gasteiger charge is 2.13. The van der Waals surface area contributed by atoms with Gasteiger partial charge in [0.2, 0.25) is 0 Å². The van der Waals surface area contributed by atoms with Crippen molar-refractivity contribution in [1.29, 1.82) is 0 Å². The molecular formula is C19H17Br2N5O. The van der Waals surface area contributed by atoms with Gasteiger partial charge in [-0.1, -0.05) is 28.1 Å². The molecule has 0 spiro atoms. The van der Waals surface area contributed by atoms with E-state index >= 15 is 0 Å². The largest absolute Gasteiger partial charge is 0.506 e. The number of aromatic nitrogens is 2. The van der Waals surface area contributed by atoms with Crippen LogP contribution < -0.4 is 11.2 Å². The highest BCUT2D eigenvalue weighted by Crippen LogP contribution is 2.37. The molecule has 0 saturated heterocycles. The fourth-order valence-electron chi connectivity index (χ4n) is 2.45. The summed E-state index contributed by atoms with van der Waals surface area (Å²) in [6.45, 7) is 3.74. The molecule has 0 amide bonds. The van der Waals surface area contributed by atoms with E-state index in [0.29, 0.717) is 27.4 Å². The Balaban J connectivity index is 1.94. The number of hydrogen-bond acceptors (Lipinski definition) is 6. The van der Waals surface area contributed by atoms with Crippen LogP contribution in [0.5, 0.6) is 5.75 Å². The molecule has 6 nitrogen and oxygen atoms in total. The smallest absolute Gasteiger partial charge is 0.165 e. The number of phenols is 1. The lowest BCUT2D eigenvalue weighted by atomic mass is 10.1. The number of nitrogen functional groups attached to an aromatic ring is 1. The zero-order valence-electron chi connectivity index (χ0n) is 14.7. The topological polar surface area (TPSA) is 96.4 Å². The number of nitrogens with two attached hydrogens (primary N) is 1. The lowest BCUT2D eigenvalue weighted by molar-refractivity contribution is 0.473. The number of phenolic OH excluding ortho intramolecular Hbond substituents is 1. The SMILES string of the molecule is C/C(=N/Nc1cc(C)nc(-c2cc(Br)cc(Br)c2O)n1)c1cccc(N)c1. The number of aromatic hydroxyl groups is 1. The number of hydrogen-bond donors (Lipinski definition) is 3. The van der Waals surface area contributed by atoms with E-state index < -0.39 is 0 Å². The number of anilines is 2. The number of nitrogens with one attached hydrogen (secondary N) is 1. The van der Waals surface area contributed by atoms with Crippen LogP contribution in [0.4, 0.5) is 11.5 Å². The average Bonchev–Trinajstić information content (AvgIpc) is 2.62. The van der Waals surface area contributed by atoms with E-state index in [1.165, 1.54) is 0 Å². The standard InChI is InChI=1S/C19H17Br2N5O/c1-10-6-17(26-25-11(2)12-4-3-5-14(22)7-12)24-19(23-10)15-8-13(20)9-16(21)18(15)27/h3-9,27H,22H2,1-2H3,(H,23,24,26)/b25-11-. The number of benzene rings is 2. The number of nitrogens with zero attached hydrogens (tertiary/aromatic N) is 3. The minimum atomic E-state index is 0.0780. The first kappa shape index (κ1) is 19.3. The molecule has 1 heterocycles. The Morgan fingerprint density at radius 3 is 2.67 bits per heavy atom. The summed E-state index contributed by atoms with van der Waals surface area (Å²) in [5.41, 5.74) is 12.4. The van der Waals surface area contributed by atoms with E-state index in [4.69, 9.17) is 5.73 Å². The van der Waals surface area contributed by atoms with Crippen LogP contribution in [0.2, 0.25) is 0 Å². The van der Waals surface area contributed by atoms with Crippen molar-refractivity contribution in [1.82, 2.24) is 9.97 Å². The minimum absolute atomic E-state index is 0.0780. The van der Waals surface area contributed by atoms with Gasteiger partial charge in [0.1, 0.15) is 5.75 Å². The third-order valence-electron chi connectivity index (χ3n) is 3.77. The lowest BCUT2D eigenvalue weighted by Gasteiger charge is -2.09. The molecule has 0 fully saturated rings. The van der Waals surface area contributed by atoms with Gasteiger partial charge in [0.25, 0.3) is 0 Å². The Bertz CT molecular complexity index is 1040. The Hall–Kier alpha value is -2.45. The maximum absolute atomic E-state index is 10.3. The van der Waals surface area contributed by atoms with Gasteiger partial charge in [-0.3, -0.25) is 5.43 Å². The molecule has 1 aromatic heterocycles. The maximum Gasteiger partial charge on any atom is 0.165 e. The van der Waals surface area contributed by atoms with Crippen LogP contribution >= 0.6 is 31.9 Å². The summed E-state index contributed by atoms with van der Waals surface area (Å²) in [6.07, 6.45) is 0. The van der Waals surface area contributed by atoms with Gasteiger partial charge < -0.3 is 10.8 Å². The number of aryl methyl sites for hydroxylation is 1. The van der Waals surface area contributed by atoms with Crippen molar-refractivity contribution in [2.45, 2.75) is 13.8 Å². The summed E-state index contributed by atoms with van der Waals surface area (Å²) in [5, 5.41) is 14.7. The second kappa shape index (κ2) is 8.06. The Kier molecular flexibility index (Phi) is 5.76. The molecule has 0 bridgehead atoms. The number of rotatable bonds is 4. The van der Waals surface area contributed by atoms with Gasteiger partial charge in [-0.25, -0.2) is 9.97 Å². The Labute approximate surface area is 173 Å². The van der Waals surface area contributed by atoms with Gasteiger partial charge in [-0.2, -0.15) is 5.10 Å². The van der Waals surface area contributed by atoms with Crippen molar-refractivity contribution in [2.75, 3.05) is 11.2 Å². The van der Waals surface area contributed by atoms with Crippen LogP contribution in [0, 0.1) is 6.92 Å². The van der Waals surface area contributed by atoms with Crippen LogP contribution in [-0.2, 0) is 0 Å². The molecule has 2 aromatic carbocycles. The molecule has 0 aliphatic carbocycles. The van der Waals surface area contributed by atoms with E-state index in [9.17, 15) is 5.11 Å². The molecule has 0 atom stereocenters. The first-order chi connectivity index (χ1) is 12.8. The van der Waals surface area contributed by atoms with Crippen LogP contribution in [0.15, 0.2) is 56.5 Å².